The summed E-state index contributed by atoms with van der Waals surface area (Å²) in [5, 5.41) is 22.9. The van der Waals surface area contributed by atoms with Crippen LogP contribution in [0.2, 0.25) is 0 Å². The minimum absolute atomic E-state index is 0.391. The number of pyridine rings is 1. The number of carbonyl (C=O) groups is 2. The van der Waals surface area contributed by atoms with E-state index in [2.05, 4.69) is 10.3 Å². The number of thiophene rings is 1. The first-order valence-corrected chi connectivity index (χ1v) is 5.99. The van der Waals surface area contributed by atoms with Crippen molar-refractivity contribution in [3.8, 4) is 0 Å². The minimum Gasteiger partial charge on any atom is -0.481 e. The van der Waals surface area contributed by atoms with Crippen molar-refractivity contribution in [2.24, 2.45) is 0 Å². The maximum absolute atomic E-state index is 11.0. The number of aromatic nitrogens is 1. The Hall–Kier alpha value is -2.15. The molecule has 18 heavy (non-hydrogen) atoms. The van der Waals surface area contributed by atoms with Crippen LogP contribution in [0, 0.1) is 0 Å². The lowest BCUT2D eigenvalue weighted by Gasteiger charge is -2.13. The van der Waals surface area contributed by atoms with E-state index in [0.717, 1.165) is 10.1 Å². The summed E-state index contributed by atoms with van der Waals surface area (Å²) >= 11 is 1.51. The van der Waals surface area contributed by atoms with Crippen LogP contribution < -0.4 is 5.32 Å². The highest BCUT2D eigenvalue weighted by atomic mass is 32.1. The molecule has 0 saturated carbocycles. The largest absolute Gasteiger partial charge is 0.481 e. The summed E-state index contributed by atoms with van der Waals surface area (Å²) in [5.41, 5.74) is 0. The van der Waals surface area contributed by atoms with Crippen molar-refractivity contribution in [2.45, 2.75) is 12.5 Å². The van der Waals surface area contributed by atoms with Gasteiger partial charge in [0.2, 0.25) is 0 Å². The van der Waals surface area contributed by atoms with E-state index in [9.17, 15) is 9.59 Å². The molecule has 2 heterocycles. The van der Waals surface area contributed by atoms with Gasteiger partial charge in [-0.2, -0.15) is 0 Å². The Bertz CT molecular complexity index is 595. The summed E-state index contributed by atoms with van der Waals surface area (Å²) in [7, 11) is 0. The Balaban J connectivity index is 2.28. The van der Waals surface area contributed by atoms with Gasteiger partial charge in [0.25, 0.3) is 0 Å². The minimum atomic E-state index is -1.22. The maximum Gasteiger partial charge on any atom is 0.326 e. The quantitative estimate of drug-likeness (QED) is 0.760. The van der Waals surface area contributed by atoms with Gasteiger partial charge in [-0.25, -0.2) is 9.78 Å². The number of anilines is 1. The first-order valence-electron chi connectivity index (χ1n) is 5.11. The second-order valence-electron chi connectivity index (χ2n) is 3.62. The van der Waals surface area contributed by atoms with Gasteiger partial charge in [-0.3, -0.25) is 4.79 Å². The van der Waals surface area contributed by atoms with Gasteiger partial charge in [-0.15, -0.1) is 11.3 Å². The molecule has 2 aromatic rings. The number of fused-ring (bicyclic) bond motifs is 1. The second-order valence-corrected chi connectivity index (χ2v) is 4.57. The smallest absolute Gasteiger partial charge is 0.326 e. The van der Waals surface area contributed by atoms with Crippen LogP contribution in [-0.4, -0.2) is 33.2 Å². The molecular formula is C11H10N2O4S. The van der Waals surface area contributed by atoms with Crippen molar-refractivity contribution in [2.75, 3.05) is 5.32 Å². The molecule has 1 atom stereocenters. The highest BCUT2D eigenvalue weighted by molar-refractivity contribution is 7.17. The molecule has 2 aromatic heterocycles. The Kier molecular flexibility index (Phi) is 3.42. The fourth-order valence-corrected chi connectivity index (χ4v) is 2.33. The van der Waals surface area contributed by atoms with Crippen molar-refractivity contribution in [1.29, 1.82) is 0 Å². The van der Waals surface area contributed by atoms with Crippen molar-refractivity contribution in [3.63, 3.8) is 0 Å². The number of nitrogens with one attached hydrogen (secondary N) is 1. The summed E-state index contributed by atoms with van der Waals surface area (Å²) in [4.78, 5) is 25.6. The zero-order valence-corrected chi connectivity index (χ0v) is 9.98. The first-order chi connectivity index (χ1) is 8.58. The fraction of sp³-hybridized carbons (Fsp3) is 0.182. The van der Waals surface area contributed by atoms with Crippen LogP contribution in [0.25, 0.3) is 10.1 Å². The van der Waals surface area contributed by atoms with Crippen LogP contribution in [0.5, 0.6) is 0 Å². The van der Waals surface area contributed by atoms with Crippen molar-refractivity contribution >= 4 is 39.2 Å². The van der Waals surface area contributed by atoms with Crippen molar-refractivity contribution in [3.05, 3.63) is 23.7 Å². The summed E-state index contributed by atoms with van der Waals surface area (Å²) in [5.74, 6) is -2.00. The molecular weight excluding hydrogens is 256 g/mol. The van der Waals surface area contributed by atoms with Crippen LogP contribution in [-0.2, 0) is 9.59 Å². The van der Waals surface area contributed by atoms with Crippen molar-refractivity contribution in [1.82, 2.24) is 4.98 Å². The maximum atomic E-state index is 11.0. The number of carboxylic acids is 2. The number of nitrogens with zero attached hydrogens (tertiary/aromatic N) is 1. The SMILES string of the molecule is O=C(O)CC(Nc1nccc2sccc12)C(=O)O. The standard InChI is InChI=1S/C11H10N2O4S/c14-9(15)5-7(11(16)17)13-10-6-2-4-18-8(6)1-3-12-10/h1-4,7H,5H2,(H,12,13)(H,14,15)(H,16,17). The summed E-state index contributed by atoms with van der Waals surface area (Å²) in [6.07, 6.45) is 1.05. The normalized spacial score (nSPS) is 12.2. The lowest BCUT2D eigenvalue weighted by atomic mass is 10.2. The Morgan fingerprint density at radius 2 is 2.17 bits per heavy atom. The van der Waals surface area contributed by atoms with Gasteiger partial charge in [0, 0.05) is 16.3 Å². The Morgan fingerprint density at radius 3 is 2.83 bits per heavy atom. The molecule has 3 N–H and O–H groups in total. The monoisotopic (exact) mass is 266 g/mol. The Labute approximate surface area is 106 Å². The van der Waals surface area contributed by atoms with Gasteiger partial charge in [0.1, 0.15) is 11.9 Å². The first kappa shape index (κ1) is 12.3. The predicted molar refractivity (Wildman–Crippen MR) is 66.9 cm³/mol. The molecule has 0 aromatic carbocycles. The lowest BCUT2D eigenvalue weighted by molar-refractivity contribution is -0.144. The molecule has 0 radical (unpaired) electrons. The number of carboxylic acid groups (broad SMARTS) is 2. The number of aliphatic carboxylic acids is 2. The van der Waals surface area contributed by atoms with E-state index in [1.165, 1.54) is 11.3 Å². The van der Waals surface area contributed by atoms with Crippen LogP contribution >= 0.6 is 11.3 Å². The van der Waals surface area contributed by atoms with E-state index >= 15 is 0 Å². The highest BCUT2D eigenvalue weighted by Crippen LogP contribution is 2.26. The number of hydrogen-bond donors (Lipinski definition) is 3. The molecule has 0 fully saturated rings. The topological polar surface area (TPSA) is 99.5 Å². The molecule has 0 bridgehead atoms. The molecule has 0 aliphatic rings. The molecule has 0 amide bonds. The summed E-state index contributed by atoms with van der Waals surface area (Å²) in [6, 6.07) is 2.44. The number of hydrogen-bond acceptors (Lipinski definition) is 5. The summed E-state index contributed by atoms with van der Waals surface area (Å²) < 4.78 is 0.965. The molecule has 2 rings (SSSR count). The van der Waals surface area contributed by atoms with Gasteiger partial charge >= 0.3 is 11.9 Å². The van der Waals surface area contributed by atoms with E-state index in [0.29, 0.717) is 5.82 Å². The summed E-state index contributed by atoms with van der Waals surface area (Å²) in [6.45, 7) is 0. The van der Waals surface area contributed by atoms with Crippen LogP contribution in [0.15, 0.2) is 23.7 Å². The van der Waals surface area contributed by atoms with Gasteiger partial charge in [0.05, 0.1) is 6.42 Å². The van der Waals surface area contributed by atoms with E-state index in [1.54, 1.807) is 6.20 Å². The molecule has 6 nitrogen and oxygen atoms in total. The molecule has 0 aliphatic heterocycles. The van der Waals surface area contributed by atoms with Crippen LogP contribution in [0.4, 0.5) is 5.82 Å². The predicted octanol–water partition coefficient (Wildman–Crippen LogP) is 1.64. The van der Waals surface area contributed by atoms with Gasteiger partial charge < -0.3 is 15.5 Å². The van der Waals surface area contributed by atoms with Crippen LogP contribution in [0.1, 0.15) is 6.42 Å². The Morgan fingerprint density at radius 1 is 1.39 bits per heavy atom. The van der Waals surface area contributed by atoms with Gasteiger partial charge in [-0.05, 0) is 17.5 Å². The number of rotatable bonds is 5. The van der Waals surface area contributed by atoms with Crippen LogP contribution in [0.3, 0.4) is 0 Å². The molecule has 0 spiro atoms. The third-order valence-corrected chi connectivity index (χ3v) is 3.25. The third-order valence-electron chi connectivity index (χ3n) is 2.37. The fourth-order valence-electron chi connectivity index (χ4n) is 1.55. The molecule has 0 saturated heterocycles. The third kappa shape index (κ3) is 2.57. The van der Waals surface area contributed by atoms with Gasteiger partial charge in [0.15, 0.2) is 0 Å². The molecule has 1 unspecified atom stereocenters. The molecule has 94 valence electrons. The second kappa shape index (κ2) is 5.01. The van der Waals surface area contributed by atoms with E-state index in [4.69, 9.17) is 10.2 Å². The van der Waals surface area contributed by atoms with E-state index in [-0.39, 0.29) is 0 Å². The van der Waals surface area contributed by atoms with Gasteiger partial charge in [-0.1, -0.05) is 0 Å². The van der Waals surface area contributed by atoms with Crippen molar-refractivity contribution < 1.29 is 19.8 Å². The van der Waals surface area contributed by atoms with E-state index in [1.807, 2.05) is 17.5 Å². The zero-order valence-electron chi connectivity index (χ0n) is 9.16. The molecule has 7 heteroatoms. The zero-order chi connectivity index (χ0) is 13.1. The lowest BCUT2D eigenvalue weighted by Crippen LogP contribution is -2.32. The average Bonchev–Trinajstić information content (AvgIpc) is 2.76. The highest BCUT2D eigenvalue weighted by Gasteiger charge is 2.21. The van der Waals surface area contributed by atoms with E-state index < -0.39 is 24.4 Å². The molecule has 0 aliphatic carbocycles. The average molecular weight is 266 g/mol.